The van der Waals surface area contributed by atoms with Crippen molar-refractivity contribution in [1.82, 2.24) is 10.9 Å². The lowest BCUT2D eigenvalue weighted by atomic mass is 10.2. The van der Waals surface area contributed by atoms with Crippen LogP contribution in [0.1, 0.15) is 50.7 Å². The molecule has 3 rings (SSSR count). The molecule has 0 saturated carbocycles. The zero-order valence-corrected chi connectivity index (χ0v) is 17.4. The summed E-state index contributed by atoms with van der Waals surface area (Å²) in [5.41, 5.74) is 7.25. The molecular weight excluding hydrogens is 390 g/mol. The number of fused-ring (bicyclic) bond motifs is 1. The molecule has 2 aromatic rings. The molecule has 1 aromatic carbocycles. The molecule has 1 aliphatic carbocycles. The van der Waals surface area contributed by atoms with Gasteiger partial charge in [-0.25, -0.2) is 4.79 Å². The zero-order chi connectivity index (χ0) is 20.8. The number of carbonyl (C=O) groups is 3. The second-order valence-electron chi connectivity index (χ2n) is 6.71. The molecule has 29 heavy (non-hydrogen) atoms. The molecule has 1 aromatic heterocycles. The number of nitrogens with one attached hydrogen (secondary N) is 2. The Balaban J connectivity index is 1.43. The maximum atomic E-state index is 12.2. The molecule has 0 atom stereocenters. The summed E-state index contributed by atoms with van der Waals surface area (Å²) in [5.74, 6) is -1.56. The Hall–Kier alpha value is -2.87. The van der Waals surface area contributed by atoms with Crippen LogP contribution in [0, 0.1) is 0 Å². The Labute approximate surface area is 174 Å². The van der Waals surface area contributed by atoms with Gasteiger partial charge in [0, 0.05) is 29.2 Å². The van der Waals surface area contributed by atoms with Crippen LogP contribution in [0.25, 0.3) is 0 Å². The molecule has 1 heterocycles. The Bertz CT molecular complexity index is 866. The third-order valence-electron chi connectivity index (χ3n) is 4.86. The monoisotopic (exact) mass is 415 g/mol. The van der Waals surface area contributed by atoms with Crippen LogP contribution in [-0.2, 0) is 22.4 Å². The highest BCUT2D eigenvalue weighted by molar-refractivity contribution is 7.14. The number of hydrogen-bond acceptors (Lipinski definition) is 6. The molecule has 2 amide bonds. The molecule has 0 radical (unpaired) electrons. The van der Waals surface area contributed by atoms with Crippen LogP contribution in [0.5, 0.6) is 0 Å². The van der Waals surface area contributed by atoms with Crippen molar-refractivity contribution < 1.29 is 19.1 Å². The number of aryl methyl sites for hydroxylation is 2. The molecule has 0 unspecified atom stereocenters. The summed E-state index contributed by atoms with van der Waals surface area (Å²) >= 11 is 1.42. The number of hydrogen-bond donors (Lipinski definition) is 2. The van der Waals surface area contributed by atoms with Crippen molar-refractivity contribution in [3.63, 3.8) is 0 Å². The van der Waals surface area contributed by atoms with E-state index in [1.807, 2.05) is 18.2 Å². The SMILES string of the molecule is CCN(CC)c1ccc(C(=O)NNC(=O)COC(=O)c2cc3c(s2)CCC3)cc1. The zero-order valence-electron chi connectivity index (χ0n) is 16.6. The Kier molecular flexibility index (Phi) is 6.87. The number of esters is 1. The highest BCUT2D eigenvalue weighted by Crippen LogP contribution is 2.30. The normalized spacial score (nSPS) is 12.2. The van der Waals surface area contributed by atoms with Gasteiger partial charge in [0.1, 0.15) is 4.88 Å². The number of benzene rings is 1. The van der Waals surface area contributed by atoms with Crippen LogP contribution >= 0.6 is 11.3 Å². The molecule has 2 N–H and O–H groups in total. The Morgan fingerprint density at radius 2 is 1.79 bits per heavy atom. The van der Waals surface area contributed by atoms with Gasteiger partial charge in [-0.2, -0.15) is 0 Å². The van der Waals surface area contributed by atoms with Crippen LogP contribution in [0.3, 0.4) is 0 Å². The molecule has 0 bridgehead atoms. The average molecular weight is 416 g/mol. The van der Waals surface area contributed by atoms with Crippen LogP contribution in [0.2, 0.25) is 0 Å². The van der Waals surface area contributed by atoms with E-state index in [2.05, 4.69) is 29.6 Å². The molecule has 0 saturated heterocycles. The molecular formula is C21H25N3O4S. The summed E-state index contributed by atoms with van der Waals surface area (Å²) < 4.78 is 5.03. The second-order valence-corrected chi connectivity index (χ2v) is 7.85. The summed E-state index contributed by atoms with van der Waals surface area (Å²) in [7, 11) is 0. The van der Waals surface area contributed by atoms with E-state index in [0.717, 1.165) is 38.0 Å². The smallest absolute Gasteiger partial charge is 0.348 e. The van der Waals surface area contributed by atoms with Crippen LogP contribution in [0.4, 0.5) is 5.69 Å². The van der Waals surface area contributed by atoms with E-state index < -0.39 is 24.4 Å². The van der Waals surface area contributed by atoms with Gasteiger partial charge in [0.05, 0.1) is 0 Å². The summed E-state index contributed by atoms with van der Waals surface area (Å²) in [6.45, 7) is 5.44. The van der Waals surface area contributed by atoms with Gasteiger partial charge in [0.25, 0.3) is 11.8 Å². The number of hydrazine groups is 1. The largest absolute Gasteiger partial charge is 0.451 e. The first-order chi connectivity index (χ1) is 14.0. The van der Waals surface area contributed by atoms with Gasteiger partial charge in [-0.05, 0) is 69.0 Å². The third-order valence-corrected chi connectivity index (χ3v) is 6.07. The molecule has 8 heteroatoms. The van der Waals surface area contributed by atoms with E-state index in [1.54, 1.807) is 12.1 Å². The summed E-state index contributed by atoms with van der Waals surface area (Å²) in [6, 6.07) is 8.97. The minimum absolute atomic E-state index is 0.423. The van der Waals surface area contributed by atoms with Gasteiger partial charge >= 0.3 is 5.97 Å². The van der Waals surface area contributed by atoms with Crippen molar-refractivity contribution in [2.75, 3.05) is 24.6 Å². The van der Waals surface area contributed by atoms with E-state index in [9.17, 15) is 14.4 Å². The van der Waals surface area contributed by atoms with E-state index in [4.69, 9.17) is 4.74 Å². The highest BCUT2D eigenvalue weighted by atomic mass is 32.1. The topological polar surface area (TPSA) is 87.7 Å². The second kappa shape index (κ2) is 9.56. The maximum Gasteiger partial charge on any atom is 0.348 e. The molecule has 1 aliphatic rings. The van der Waals surface area contributed by atoms with Gasteiger partial charge in [-0.15, -0.1) is 11.3 Å². The van der Waals surface area contributed by atoms with Gasteiger partial charge in [0.2, 0.25) is 0 Å². The Morgan fingerprint density at radius 3 is 2.45 bits per heavy atom. The van der Waals surface area contributed by atoms with Crippen molar-refractivity contribution in [3.05, 3.63) is 51.2 Å². The van der Waals surface area contributed by atoms with Crippen molar-refractivity contribution in [3.8, 4) is 0 Å². The summed E-state index contributed by atoms with van der Waals surface area (Å²) in [6.07, 6.45) is 3.11. The lowest BCUT2D eigenvalue weighted by Gasteiger charge is -2.21. The van der Waals surface area contributed by atoms with Crippen molar-refractivity contribution in [2.24, 2.45) is 0 Å². The van der Waals surface area contributed by atoms with Gasteiger partial charge in [-0.3, -0.25) is 20.4 Å². The van der Waals surface area contributed by atoms with E-state index in [0.29, 0.717) is 10.4 Å². The Morgan fingerprint density at radius 1 is 1.07 bits per heavy atom. The lowest BCUT2D eigenvalue weighted by Crippen LogP contribution is -2.43. The first-order valence-corrected chi connectivity index (χ1v) is 10.6. The van der Waals surface area contributed by atoms with E-state index in [1.165, 1.54) is 21.8 Å². The number of ether oxygens (including phenoxy) is 1. The summed E-state index contributed by atoms with van der Waals surface area (Å²) in [4.78, 5) is 40.0. The van der Waals surface area contributed by atoms with Crippen LogP contribution < -0.4 is 15.8 Å². The minimum Gasteiger partial charge on any atom is -0.451 e. The number of amides is 2. The van der Waals surface area contributed by atoms with Gasteiger partial charge < -0.3 is 9.64 Å². The number of rotatable bonds is 7. The molecule has 0 fully saturated rings. The quantitative estimate of drug-likeness (QED) is 0.536. The van der Waals surface area contributed by atoms with Crippen molar-refractivity contribution >= 4 is 34.8 Å². The third kappa shape index (κ3) is 5.14. The van der Waals surface area contributed by atoms with E-state index in [-0.39, 0.29) is 0 Å². The fourth-order valence-corrected chi connectivity index (χ4v) is 4.43. The first kappa shape index (κ1) is 20.9. The number of carbonyl (C=O) groups excluding carboxylic acids is 3. The number of anilines is 1. The van der Waals surface area contributed by atoms with Crippen LogP contribution in [0.15, 0.2) is 30.3 Å². The molecule has 0 spiro atoms. The highest BCUT2D eigenvalue weighted by Gasteiger charge is 2.20. The molecule has 0 aliphatic heterocycles. The fourth-order valence-electron chi connectivity index (χ4n) is 3.28. The summed E-state index contributed by atoms with van der Waals surface area (Å²) in [5, 5.41) is 0. The van der Waals surface area contributed by atoms with E-state index >= 15 is 0 Å². The number of thiophene rings is 1. The van der Waals surface area contributed by atoms with Crippen molar-refractivity contribution in [2.45, 2.75) is 33.1 Å². The fraction of sp³-hybridized carbons (Fsp3) is 0.381. The average Bonchev–Trinajstić information content (AvgIpc) is 3.34. The van der Waals surface area contributed by atoms with Gasteiger partial charge in [-0.1, -0.05) is 0 Å². The molecule has 154 valence electrons. The van der Waals surface area contributed by atoms with Crippen LogP contribution in [-0.4, -0.2) is 37.5 Å². The van der Waals surface area contributed by atoms with Gasteiger partial charge in [0.15, 0.2) is 6.61 Å². The standard InChI is InChI=1S/C21H25N3O4S/c1-3-24(4-2)16-10-8-14(9-11-16)20(26)23-22-19(25)13-28-21(27)18-12-15-6-5-7-17(15)29-18/h8-12H,3-7,13H2,1-2H3,(H,22,25)(H,23,26). The predicted molar refractivity (Wildman–Crippen MR) is 112 cm³/mol. The predicted octanol–water partition coefficient (Wildman–Crippen LogP) is 2.70. The van der Waals surface area contributed by atoms with Crippen molar-refractivity contribution in [1.29, 1.82) is 0 Å². The molecule has 7 nitrogen and oxygen atoms in total. The minimum atomic E-state index is -0.601. The maximum absolute atomic E-state index is 12.2. The number of nitrogens with zero attached hydrogens (tertiary/aromatic N) is 1. The lowest BCUT2D eigenvalue weighted by molar-refractivity contribution is -0.125. The first-order valence-electron chi connectivity index (χ1n) is 9.74.